The summed E-state index contributed by atoms with van der Waals surface area (Å²) in [7, 11) is 1.98. The van der Waals surface area contributed by atoms with Crippen LogP contribution in [0, 0.1) is 0 Å². The number of nitrogens with one attached hydrogen (secondary N) is 1. The molecular formula is C13H20N4O. The lowest BCUT2D eigenvalue weighted by molar-refractivity contribution is -0.121. The lowest BCUT2D eigenvalue weighted by atomic mass is 10.2. The van der Waals surface area contributed by atoms with Gasteiger partial charge in [0, 0.05) is 31.7 Å². The molecule has 1 heterocycles. The van der Waals surface area contributed by atoms with Crippen molar-refractivity contribution in [2.75, 3.05) is 20.1 Å². The van der Waals surface area contributed by atoms with Gasteiger partial charge >= 0.3 is 0 Å². The molecule has 0 aliphatic heterocycles. The summed E-state index contributed by atoms with van der Waals surface area (Å²) in [6.45, 7) is 6.82. The van der Waals surface area contributed by atoms with E-state index in [9.17, 15) is 4.79 Å². The molecule has 5 heteroatoms. The van der Waals surface area contributed by atoms with Crippen LogP contribution in [0.25, 0.3) is 0 Å². The van der Waals surface area contributed by atoms with Crippen LogP contribution < -0.4 is 5.32 Å². The Morgan fingerprint density at radius 1 is 1.67 bits per heavy atom. The van der Waals surface area contributed by atoms with Gasteiger partial charge in [0.15, 0.2) is 0 Å². The maximum atomic E-state index is 11.5. The standard InChI is InChI=1S/C13H20N4O/c1-4-7-15-13(18)6-9-17(3)11(2)12-5-8-14-10-16-12/h4-5,8,10-11H,1,6-7,9H2,2-3H3,(H,15,18). The summed E-state index contributed by atoms with van der Waals surface area (Å²) in [5, 5.41) is 2.76. The minimum atomic E-state index is 0.0386. The maximum absolute atomic E-state index is 11.5. The van der Waals surface area contributed by atoms with E-state index in [2.05, 4.69) is 33.7 Å². The molecule has 98 valence electrons. The molecule has 0 aliphatic rings. The molecule has 1 atom stereocenters. The van der Waals surface area contributed by atoms with E-state index in [0.29, 0.717) is 19.5 Å². The Labute approximate surface area is 108 Å². The van der Waals surface area contributed by atoms with Gasteiger partial charge < -0.3 is 5.32 Å². The molecule has 0 aromatic carbocycles. The van der Waals surface area contributed by atoms with Crippen LogP contribution in [0.4, 0.5) is 0 Å². The van der Waals surface area contributed by atoms with Gasteiger partial charge in [-0.1, -0.05) is 6.08 Å². The summed E-state index contributed by atoms with van der Waals surface area (Å²) in [5.41, 5.74) is 0.957. The zero-order chi connectivity index (χ0) is 13.4. The SMILES string of the molecule is C=CCNC(=O)CCN(C)C(C)c1ccncn1. The van der Waals surface area contributed by atoms with Crippen LogP contribution in [0.3, 0.4) is 0 Å². The van der Waals surface area contributed by atoms with E-state index in [1.54, 1.807) is 12.3 Å². The topological polar surface area (TPSA) is 58.1 Å². The Hall–Kier alpha value is -1.75. The third-order valence-corrected chi connectivity index (χ3v) is 2.83. The van der Waals surface area contributed by atoms with Crippen molar-refractivity contribution in [3.05, 3.63) is 36.9 Å². The normalized spacial score (nSPS) is 12.2. The number of amides is 1. The van der Waals surface area contributed by atoms with E-state index in [1.807, 2.05) is 13.1 Å². The Morgan fingerprint density at radius 2 is 2.44 bits per heavy atom. The first-order valence-corrected chi connectivity index (χ1v) is 5.99. The van der Waals surface area contributed by atoms with Gasteiger partial charge in [-0.15, -0.1) is 6.58 Å². The van der Waals surface area contributed by atoms with Crippen molar-refractivity contribution in [3.63, 3.8) is 0 Å². The van der Waals surface area contributed by atoms with Gasteiger partial charge in [0.2, 0.25) is 5.91 Å². The fraction of sp³-hybridized carbons (Fsp3) is 0.462. The highest BCUT2D eigenvalue weighted by Gasteiger charge is 2.13. The lowest BCUT2D eigenvalue weighted by Crippen LogP contribution is -2.30. The molecule has 1 aromatic rings. The quantitative estimate of drug-likeness (QED) is 0.736. The summed E-state index contributed by atoms with van der Waals surface area (Å²) in [4.78, 5) is 21.6. The minimum Gasteiger partial charge on any atom is -0.353 e. The molecule has 0 radical (unpaired) electrons. The van der Waals surface area contributed by atoms with E-state index in [0.717, 1.165) is 5.69 Å². The van der Waals surface area contributed by atoms with Crippen molar-refractivity contribution < 1.29 is 4.79 Å². The van der Waals surface area contributed by atoms with Crippen molar-refractivity contribution >= 4 is 5.91 Å². The molecule has 0 spiro atoms. The molecule has 0 saturated heterocycles. The van der Waals surface area contributed by atoms with Crippen LogP contribution in [0.15, 0.2) is 31.2 Å². The van der Waals surface area contributed by atoms with E-state index < -0.39 is 0 Å². The Bertz CT molecular complexity index is 380. The van der Waals surface area contributed by atoms with Gasteiger partial charge in [-0.25, -0.2) is 9.97 Å². The molecule has 0 saturated carbocycles. The second-order valence-corrected chi connectivity index (χ2v) is 4.13. The number of carbonyl (C=O) groups is 1. The van der Waals surface area contributed by atoms with Gasteiger partial charge in [-0.05, 0) is 20.0 Å². The first-order valence-electron chi connectivity index (χ1n) is 5.99. The van der Waals surface area contributed by atoms with Crippen LogP contribution in [0.1, 0.15) is 25.1 Å². The average Bonchev–Trinajstić information content (AvgIpc) is 2.42. The van der Waals surface area contributed by atoms with E-state index in [4.69, 9.17) is 0 Å². The van der Waals surface area contributed by atoms with Gasteiger partial charge in [0.05, 0.1) is 5.69 Å². The van der Waals surface area contributed by atoms with Crippen LogP contribution in [-0.4, -0.2) is 40.9 Å². The minimum absolute atomic E-state index is 0.0386. The predicted molar refractivity (Wildman–Crippen MR) is 70.9 cm³/mol. The molecule has 1 N–H and O–H groups in total. The highest BCUT2D eigenvalue weighted by molar-refractivity contribution is 5.76. The van der Waals surface area contributed by atoms with Crippen molar-refractivity contribution in [2.45, 2.75) is 19.4 Å². The van der Waals surface area contributed by atoms with Crippen molar-refractivity contribution in [3.8, 4) is 0 Å². The zero-order valence-corrected chi connectivity index (χ0v) is 11.0. The van der Waals surface area contributed by atoms with Crippen molar-refractivity contribution in [1.29, 1.82) is 0 Å². The van der Waals surface area contributed by atoms with Crippen LogP contribution >= 0.6 is 0 Å². The number of nitrogens with zero attached hydrogens (tertiary/aromatic N) is 3. The average molecular weight is 248 g/mol. The molecular weight excluding hydrogens is 228 g/mol. The second-order valence-electron chi connectivity index (χ2n) is 4.13. The number of aromatic nitrogens is 2. The van der Waals surface area contributed by atoms with Crippen LogP contribution in [-0.2, 0) is 4.79 Å². The van der Waals surface area contributed by atoms with Gasteiger partial charge in [0.25, 0.3) is 0 Å². The number of carbonyl (C=O) groups excluding carboxylic acids is 1. The summed E-state index contributed by atoms with van der Waals surface area (Å²) >= 11 is 0. The number of hydrogen-bond acceptors (Lipinski definition) is 4. The summed E-state index contributed by atoms with van der Waals surface area (Å²) in [6.07, 6.45) is 5.41. The molecule has 1 unspecified atom stereocenters. The molecule has 1 amide bonds. The summed E-state index contributed by atoms with van der Waals surface area (Å²) < 4.78 is 0. The smallest absolute Gasteiger partial charge is 0.221 e. The van der Waals surface area contributed by atoms with E-state index in [-0.39, 0.29) is 11.9 Å². The highest BCUT2D eigenvalue weighted by atomic mass is 16.1. The van der Waals surface area contributed by atoms with Crippen molar-refractivity contribution in [2.24, 2.45) is 0 Å². The second kappa shape index (κ2) is 7.55. The fourth-order valence-electron chi connectivity index (χ4n) is 1.52. The molecule has 0 aliphatic carbocycles. The molecule has 18 heavy (non-hydrogen) atoms. The maximum Gasteiger partial charge on any atom is 0.221 e. The predicted octanol–water partition coefficient (Wildman–Crippen LogP) is 1.16. The lowest BCUT2D eigenvalue weighted by Gasteiger charge is -2.23. The van der Waals surface area contributed by atoms with Gasteiger partial charge in [-0.2, -0.15) is 0 Å². The van der Waals surface area contributed by atoms with E-state index in [1.165, 1.54) is 6.33 Å². The number of rotatable bonds is 7. The molecule has 1 rings (SSSR count). The molecule has 0 bridgehead atoms. The van der Waals surface area contributed by atoms with Crippen LogP contribution in [0.5, 0.6) is 0 Å². The Balaban J connectivity index is 2.38. The van der Waals surface area contributed by atoms with E-state index >= 15 is 0 Å². The molecule has 0 fully saturated rings. The zero-order valence-electron chi connectivity index (χ0n) is 11.0. The first-order chi connectivity index (χ1) is 8.65. The first kappa shape index (κ1) is 14.3. The molecule has 1 aromatic heterocycles. The van der Waals surface area contributed by atoms with Crippen molar-refractivity contribution in [1.82, 2.24) is 20.2 Å². The van der Waals surface area contributed by atoms with Gasteiger partial charge in [0.1, 0.15) is 6.33 Å². The Morgan fingerprint density at radius 3 is 3.06 bits per heavy atom. The third kappa shape index (κ3) is 4.63. The fourth-order valence-corrected chi connectivity index (χ4v) is 1.52. The third-order valence-electron chi connectivity index (χ3n) is 2.83. The van der Waals surface area contributed by atoms with Gasteiger partial charge in [-0.3, -0.25) is 9.69 Å². The highest BCUT2D eigenvalue weighted by Crippen LogP contribution is 2.15. The largest absolute Gasteiger partial charge is 0.353 e. The molecule has 5 nitrogen and oxygen atoms in total. The Kier molecular flexibility index (Phi) is 6.00. The summed E-state index contributed by atoms with van der Waals surface area (Å²) in [6, 6.07) is 2.05. The summed E-state index contributed by atoms with van der Waals surface area (Å²) in [5.74, 6) is 0.0386. The monoisotopic (exact) mass is 248 g/mol. The van der Waals surface area contributed by atoms with Crippen LogP contribution in [0.2, 0.25) is 0 Å². The number of hydrogen-bond donors (Lipinski definition) is 1.